The molecule has 2 aromatic heterocycles. The first-order chi connectivity index (χ1) is 15.7. The molecule has 7 nitrogen and oxygen atoms in total. The monoisotopic (exact) mass is 483 g/mol. The van der Waals surface area contributed by atoms with E-state index in [0.29, 0.717) is 0 Å². The van der Waals surface area contributed by atoms with Crippen molar-refractivity contribution >= 4 is 46.3 Å². The number of hydrogen-bond acceptors (Lipinski definition) is 7. The van der Waals surface area contributed by atoms with Crippen molar-refractivity contribution in [2.75, 3.05) is 6.54 Å². The molecule has 0 saturated carbocycles. The fourth-order valence-corrected chi connectivity index (χ4v) is 6.56. The second-order valence-corrected chi connectivity index (χ2v) is 10.5. The summed E-state index contributed by atoms with van der Waals surface area (Å²) in [7, 11) is 0. The van der Waals surface area contributed by atoms with Crippen LogP contribution < -0.4 is 0 Å². The fourth-order valence-electron chi connectivity index (χ4n) is 4.28. The maximum atomic E-state index is 12.8. The summed E-state index contributed by atoms with van der Waals surface area (Å²) < 4.78 is 7.13. The number of rotatable bonds is 5. The minimum absolute atomic E-state index is 0.267. The Hall–Kier alpha value is -2.83. The Morgan fingerprint density at radius 1 is 1.27 bits per heavy atom. The lowest BCUT2D eigenvalue weighted by atomic mass is 9.96. The molecule has 0 aromatic carbocycles. The molecule has 2 aliphatic rings. The van der Waals surface area contributed by atoms with Gasteiger partial charge in [-0.1, -0.05) is 0 Å². The lowest BCUT2D eigenvalue weighted by Crippen LogP contribution is -2.35. The number of esters is 1. The van der Waals surface area contributed by atoms with E-state index in [1.165, 1.54) is 10.4 Å². The SMILES string of the molecule is Cc1cc(/C=C2/SC(=O)N(CC(=O)OC(C)C)C2=O)c(C)n1-c1sc2c(c1C#N)CCCC2. The fraction of sp³-hybridized carbons (Fsp3) is 0.417. The van der Waals surface area contributed by atoms with Crippen LogP contribution in [0.15, 0.2) is 11.0 Å². The molecule has 1 aliphatic carbocycles. The molecule has 0 atom stereocenters. The van der Waals surface area contributed by atoms with Crippen molar-refractivity contribution < 1.29 is 19.1 Å². The Kier molecular flexibility index (Phi) is 6.50. The van der Waals surface area contributed by atoms with Crippen LogP contribution in [0.2, 0.25) is 0 Å². The number of carbonyl (C=O) groups is 3. The largest absolute Gasteiger partial charge is 0.462 e. The lowest BCUT2D eigenvalue weighted by Gasteiger charge is -2.13. The highest BCUT2D eigenvalue weighted by Crippen LogP contribution is 2.39. The van der Waals surface area contributed by atoms with Crippen molar-refractivity contribution in [3.8, 4) is 11.1 Å². The number of thioether (sulfide) groups is 1. The minimum Gasteiger partial charge on any atom is -0.462 e. The quantitative estimate of drug-likeness (QED) is 0.444. The van der Waals surface area contributed by atoms with Crippen LogP contribution in [0.5, 0.6) is 0 Å². The van der Waals surface area contributed by atoms with Crippen LogP contribution in [0.1, 0.15) is 59.6 Å². The third-order valence-electron chi connectivity index (χ3n) is 5.75. The Balaban J connectivity index is 1.65. The number of carbonyl (C=O) groups excluding carboxylic acids is 3. The number of aromatic nitrogens is 1. The molecule has 9 heteroatoms. The average molecular weight is 484 g/mol. The van der Waals surface area contributed by atoms with Crippen LogP contribution >= 0.6 is 23.1 Å². The Morgan fingerprint density at radius 2 is 2.00 bits per heavy atom. The van der Waals surface area contributed by atoms with Gasteiger partial charge in [-0.15, -0.1) is 11.3 Å². The summed E-state index contributed by atoms with van der Waals surface area (Å²) in [6.45, 7) is 6.94. The zero-order valence-corrected chi connectivity index (χ0v) is 20.7. The van der Waals surface area contributed by atoms with Crippen LogP contribution in [0, 0.1) is 25.2 Å². The maximum Gasteiger partial charge on any atom is 0.326 e. The molecule has 1 fully saturated rings. The van der Waals surface area contributed by atoms with Crippen LogP contribution in [0.25, 0.3) is 11.1 Å². The summed E-state index contributed by atoms with van der Waals surface area (Å²) in [4.78, 5) is 39.6. The summed E-state index contributed by atoms with van der Waals surface area (Å²) in [6, 6.07) is 4.36. The van der Waals surface area contributed by atoms with E-state index in [0.717, 1.165) is 69.9 Å². The lowest BCUT2D eigenvalue weighted by molar-refractivity contribution is -0.149. The molecule has 0 radical (unpaired) electrons. The first kappa shape index (κ1) is 23.3. The highest BCUT2D eigenvalue weighted by molar-refractivity contribution is 8.18. The second kappa shape index (κ2) is 9.20. The summed E-state index contributed by atoms with van der Waals surface area (Å²) in [5.41, 5.74) is 4.57. The van der Waals surface area contributed by atoms with Gasteiger partial charge in [0, 0.05) is 16.3 Å². The highest BCUT2D eigenvalue weighted by Gasteiger charge is 2.37. The van der Waals surface area contributed by atoms with Gasteiger partial charge >= 0.3 is 5.97 Å². The normalized spacial score (nSPS) is 17.1. The van der Waals surface area contributed by atoms with Crippen LogP contribution in [-0.4, -0.2) is 39.2 Å². The van der Waals surface area contributed by atoms with Crippen LogP contribution in [0.4, 0.5) is 4.79 Å². The topological polar surface area (TPSA) is 92.4 Å². The van der Waals surface area contributed by atoms with Gasteiger partial charge in [-0.25, -0.2) is 0 Å². The maximum absolute atomic E-state index is 12.8. The molecule has 2 aromatic rings. The van der Waals surface area contributed by atoms with Gasteiger partial charge in [0.25, 0.3) is 11.1 Å². The predicted octanol–water partition coefficient (Wildman–Crippen LogP) is 4.89. The summed E-state index contributed by atoms with van der Waals surface area (Å²) in [5.74, 6) is -1.11. The molecule has 0 bridgehead atoms. The average Bonchev–Trinajstić information content (AvgIpc) is 3.34. The molecule has 3 heterocycles. The number of imide groups is 1. The van der Waals surface area contributed by atoms with Gasteiger partial charge in [-0.2, -0.15) is 5.26 Å². The third kappa shape index (κ3) is 4.37. The zero-order chi connectivity index (χ0) is 23.9. The number of aryl methyl sites for hydroxylation is 2. The number of hydrogen-bond donors (Lipinski definition) is 0. The van der Waals surface area contributed by atoms with Crippen LogP contribution in [-0.2, 0) is 27.2 Å². The van der Waals surface area contributed by atoms with Gasteiger partial charge in [-0.05, 0) is 88.4 Å². The van der Waals surface area contributed by atoms with Gasteiger partial charge in [0.05, 0.1) is 16.6 Å². The summed E-state index contributed by atoms with van der Waals surface area (Å²) in [6.07, 6.45) is 5.57. The first-order valence-electron chi connectivity index (χ1n) is 10.9. The van der Waals surface area contributed by atoms with Gasteiger partial charge in [-0.3, -0.25) is 19.3 Å². The van der Waals surface area contributed by atoms with Crippen molar-refractivity contribution in [3.05, 3.63) is 43.9 Å². The number of nitriles is 1. The number of ether oxygens (including phenoxy) is 1. The first-order valence-corrected chi connectivity index (χ1v) is 12.5. The van der Waals surface area contributed by atoms with E-state index in [-0.39, 0.29) is 11.0 Å². The molecule has 0 N–H and O–H groups in total. The van der Waals surface area contributed by atoms with Crippen molar-refractivity contribution in [1.29, 1.82) is 5.26 Å². The Labute approximate surface area is 201 Å². The van der Waals surface area contributed by atoms with Crippen molar-refractivity contribution in [1.82, 2.24) is 9.47 Å². The molecule has 172 valence electrons. The number of thiophene rings is 1. The van der Waals surface area contributed by atoms with E-state index in [1.807, 2.05) is 19.9 Å². The standard InChI is InChI=1S/C24H25N3O4S2/c1-13(2)31-21(28)12-26-22(29)20(33-24(26)30)10-16-9-14(3)27(15(16)4)23-18(11-25)17-7-5-6-8-19(17)32-23/h9-10,13H,5-8,12H2,1-4H3/b20-10+. The molecule has 2 amide bonds. The molecule has 0 unspecified atom stereocenters. The molecule has 4 rings (SSSR count). The van der Waals surface area contributed by atoms with Gasteiger partial charge in [0.2, 0.25) is 0 Å². The summed E-state index contributed by atoms with van der Waals surface area (Å²) in [5, 5.41) is 10.3. The van der Waals surface area contributed by atoms with E-state index < -0.39 is 23.7 Å². The van der Waals surface area contributed by atoms with Gasteiger partial charge < -0.3 is 9.30 Å². The van der Waals surface area contributed by atoms with E-state index in [1.54, 1.807) is 31.3 Å². The molecular weight excluding hydrogens is 458 g/mol. The highest BCUT2D eigenvalue weighted by atomic mass is 32.2. The number of amides is 2. The van der Waals surface area contributed by atoms with E-state index in [9.17, 15) is 19.6 Å². The molecule has 0 spiro atoms. The van der Waals surface area contributed by atoms with E-state index >= 15 is 0 Å². The number of nitrogens with zero attached hydrogens (tertiary/aromatic N) is 3. The van der Waals surface area contributed by atoms with Crippen molar-refractivity contribution in [2.24, 2.45) is 0 Å². The van der Waals surface area contributed by atoms with E-state index in [4.69, 9.17) is 4.74 Å². The summed E-state index contributed by atoms with van der Waals surface area (Å²) >= 11 is 2.49. The third-order valence-corrected chi connectivity index (χ3v) is 7.94. The molecule has 1 aliphatic heterocycles. The smallest absolute Gasteiger partial charge is 0.326 e. The molecule has 1 saturated heterocycles. The second-order valence-electron chi connectivity index (χ2n) is 8.47. The van der Waals surface area contributed by atoms with Gasteiger partial charge in [0.1, 0.15) is 17.6 Å². The van der Waals surface area contributed by atoms with Gasteiger partial charge in [0.15, 0.2) is 0 Å². The minimum atomic E-state index is -0.613. The predicted molar refractivity (Wildman–Crippen MR) is 128 cm³/mol. The zero-order valence-electron chi connectivity index (χ0n) is 19.1. The van der Waals surface area contributed by atoms with Crippen molar-refractivity contribution in [3.63, 3.8) is 0 Å². The number of fused-ring (bicyclic) bond motifs is 1. The Morgan fingerprint density at radius 3 is 2.70 bits per heavy atom. The van der Waals surface area contributed by atoms with E-state index in [2.05, 4.69) is 10.6 Å². The molecule has 33 heavy (non-hydrogen) atoms. The van der Waals surface area contributed by atoms with Crippen LogP contribution in [0.3, 0.4) is 0 Å². The molecular formula is C24H25N3O4S2. The van der Waals surface area contributed by atoms with Crippen molar-refractivity contribution in [2.45, 2.75) is 59.5 Å². The Bertz CT molecular complexity index is 1230.